The highest BCUT2D eigenvalue weighted by atomic mass is 35.5. The summed E-state index contributed by atoms with van der Waals surface area (Å²) in [6.45, 7) is 0.243. The maximum absolute atomic E-state index is 12.1. The van der Waals surface area contributed by atoms with E-state index < -0.39 is 6.23 Å². The quantitative estimate of drug-likeness (QED) is 0.741. The lowest BCUT2D eigenvalue weighted by Gasteiger charge is -2.20. The number of nitrogens with two attached hydrogens (primary N) is 1. The number of aliphatic hydroxyl groups excluding tert-OH is 1. The Bertz CT molecular complexity index is 602. The lowest BCUT2D eigenvalue weighted by atomic mass is 9.97. The Morgan fingerprint density at radius 3 is 2.52 bits per heavy atom. The van der Waals surface area contributed by atoms with Crippen molar-refractivity contribution in [3.05, 3.63) is 70.7 Å². The molecule has 0 spiro atoms. The van der Waals surface area contributed by atoms with E-state index in [9.17, 15) is 9.90 Å². The molecule has 2 aromatic rings. The molecule has 0 heterocycles. The van der Waals surface area contributed by atoms with Crippen LogP contribution in [0.2, 0.25) is 5.02 Å². The monoisotopic (exact) mass is 304 g/mol. The van der Waals surface area contributed by atoms with Crippen molar-refractivity contribution >= 4 is 17.5 Å². The van der Waals surface area contributed by atoms with E-state index in [-0.39, 0.29) is 18.4 Å². The first-order valence-corrected chi connectivity index (χ1v) is 6.98. The molecule has 0 bridgehead atoms. The normalized spacial score (nSPS) is 13.5. The van der Waals surface area contributed by atoms with E-state index in [1.807, 2.05) is 30.3 Å². The zero-order chi connectivity index (χ0) is 15.2. The molecular formula is C16H17ClN2O2. The minimum Gasteiger partial charge on any atom is -0.378 e. The minimum atomic E-state index is -1.05. The number of hydrogen-bond acceptors (Lipinski definition) is 3. The highest BCUT2D eigenvalue weighted by molar-refractivity contribution is 6.30. The van der Waals surface area contributed by atoms with E-state index in [0.29, 0.717) is 10.6 Å². The molecule has 0 aliphatic heterocycles. The molecule has 0 aromatic heterocycles. The van der Waals surface area contributed by atoms with E-state index in [2.05, 4.69) is 5.32 Å². The number of carbonyl (C=O) groups excluding carboxylic acids is 1. The van der Waals surface area contributed by atoms with Crippen LogP contribution in [0.4, 0.5) is 0 Å². The van der Waals surface area contributed by atoms with Crippen molar-refractivity contribution in [2.75, 3.05) is 6.54 Å². The van der Waals surface area contributed by atoms with Crippen LogP contribution in [-0.4, -0.2) is 23.8 Å². The molecule has 0 fully saturated rings. The van der Waals surface area contributed by atoms with Crippen LogP contribution in [0.3, 0.4) is 0 Å². The fourth-order valence-corrected chi connectivity index (χ4v) is 2.26. The average Bonchev–Trinajstić information content (AvgIpc) is 2.48. The van der Waals surface area contributed by atoms with Gasteiger partial charge in [-0.05, 0) is 23.8 Å². The molecule has 2 aromatic carbocycles. The highest BCUT2D eigenvalue weighted by Crippen LogP contribution is 2.17. The van der Waals surface area contributed by atoms with Gasteiger partial charge in [0.1, 0.15) is 6.23 Å². The summed E-state index contributed by atoms with van der Waals surface area (Å²) in [6, 6.07) is 16.0. The van der Waals surface area contributed by atoms with Crippen LogP contribution in [0.25, 0.3) is 0 Å². The van der Waals surface area contributed by atoms with Crippen molar-refractivity contribution in [3.63, 3.8) is 0 Å². The molecule has 2 rings (SSSR count). The fraction of sp³-hybridized carbons (Fsp3) is 0.188. The minimum absolute atomic E-state index is 0.243. The second kappa shape index (κ2) is 7.22. The van der Waals surface area contributed by atoms with Gasteiger partial charge in [-0.15, -0.1) is 0 Å². The molecule has 0 aliphatic rings. The Hall–Kier alpha value is -1.88. The third-order valence-corrected chi connectivity index (χ3v) is 3.44. The molecule has 0 saturated carbocycles. The van der Waals surface area contributed by atoms with Gasteiger partial charge in [0.15, 0.2) is 0 Å². The zero-order valence-corrected chi connectivity index (χ0v) is 12.1. The maximum Gasteiger partial charge on any atom is 0.251 e. The molecule has 1 amide bonds. The van der Waals surface area contributed by atoms with Crippen molar-refractivity contribution in [2.45, 2.75) is 12.1 Å². The number of carbonyl (C=O) groups is 1. The van der Waals surface area contributed by atoms with Gasteiger partial charge in [-0.1, -0.05) is 48.0 Å². The molecule has 0 radical (unpaired) electrons. The van der Waals surface area contributed by atoms with Crippen LogP contribution in [0, 0.1) is 0 Å². The van der Waals surface area contributed by atoms with E-state index in [4.69, 9.17) is 17.3 Å². The van der Waals surface area contributed by atoms with Gasteiger partial charge in [0.05, 0.1) is 0 Å². The molecule has 2 atom stereocenters. The van der Waals surface area contributed by atoms with Gasteiger partial charge in [-0.2, -0.15) is 0 Å². The number of hydrogen-bond donors (Lipinski definition) is 3. The average molecular weight is 305 g/mol. The van der Waals surface area contributed by atoms with Gasteiger partial charge in [0.25, 0.3) is 5.91 Å². The third-order valence-electron chi connectivity index (χ3n) is 3.21. The largest absolute Gasteiger partial charge is 0.378 e. The number of rotatable bonds is 5. The maximum atomic E-state index is 12.1. The van der Waals surface area contributed by atoms with E-state index in [0.717, 1.165) is 5.56 Å². The SMILES string of the molecule is NC(O)C(CNC(=O)c1cccc(Cl)c1)c1ccccc1. The number of aliphatic hydroxyl groups is 1. The third kappa shape index (κ3) is 4.29. The topological polar surface area (TPSA) is 75.3 Å². The van der Waals surface area contributed by atoms with Crippen molar-refractivity contribution in [3.8, 4) is 0 Å². The first-order chi connectivity index (χ1) is 10.1. The number of nitrogens with one attached hydrogen (secondary N) is 1. The second-order valence-electron chi connectivity index (χ2n) is 4.73. The van der Waals surface area contributed by atoms with Crippen LogP contribution >= 0.6 is 11.6 Å². The van der Waals surface area contributed by atoms with Crippen molar-refractivity contribution in [1.29, 1.82) is 0 Å². The summed E-state index contributed by atoms with van der Waals surface area (Å²) in [5.74, 6) is -0.617. The molecule has 0 aliphatic carbocycles. The predicted molar refractivity (Wildman–Crippen MR) is 83.2 cm³/mol. The summed E-state index contributed by atoms with van der Waals surface area (Å²) >= 11 is 5.86. The Balaban J connectivity index is 2.04. The number of amides is 1. The van der Waals surface area contributed by atoms with Crippen LogP contribution in [0.1, 0.15) is 21.8 Å². The lowest BCUT2D eigenvalue weighted by molar-refractivity contribution is 0.0933. The van der Waals surface area contributed by atoms with E-state index in [1.165, 1.54) is 0 Å². The molecule has 2 unspecified atom stereocenters. The highest BCUT2D eigenvalue weighted by Gasteiger charge is 2.19. The van der Waals surface area contributed by atoms with Gasteiger partial charge < -0.3 is 16.2 Å². The zero-order valence-electron chi connectivity index (χ0n) is 11.4. The molecule has 21 heavy (non-hydrogen) atoms. The van der Waals surface area contributed by atoms with Crippen molar-refractivity contribution in [2.24, 2.45) is 5.73 Å². The van der Waals surface area contributed by atoms with Gasteiger partial charge in [-0.25, -0.2) is 0 Å². The summed E-state index contributed by atoms with van der Waals surface area (Å²) in [4.78, 5) is 12.1. The van der Waals surface area contributed by atoms with E-state index >= 15 is 0 Å². The van der Waals surface area contributed by atoms with Crippen LogP contribution in [0.5, 0.6) is 0 Å². The Kier molecular flexibility index (Phi) is 5.33. The summed E-state index contributed by atoms with van der Waals surface area (Å²) in [7, 11) is 0. The van der Waals surface area contributed by atoms with Gasteiger partial charge in [0, 0.05) is 23.0 Å². The molecule has 5 heteroatoms. The van der Waals surface area contributed by atoms with Gasteiger partial charge >= 0.3 is 0 Å². The van der Waals surface area contributed by atoms with Crippen molar-refractivity contribution in [1.82, 2.24) is 5.32 Å². The summed E-state index contributed by atoms with van der Waals surface area (Å²) in [5, 5.41) is 13.0. The second-order valence-corrected chi connectivity index (χ2v) is 5.16. The molecule has 0 saturated heterocycles. The van der Waals surface area contributed by atoms with Crippen LogP contribution in [0.15, 0.2) is 54.6 Å². The van der Waals surface area contributed by atoms with E-state index in [1.54, 1.807) is 24.3 Å². The molecule has 4 N–H and O–H groups in total. The van der Waals surface area contributed by atoms with Gasteiger partial charge in [0.2, 0.25) is 0 Å². The van der Waals surface area contributed by atoms with Crippen molar-refractivity contribution < 1.29 is 9.90 Å². The Morgan fingerprint density at radius 2 is 1.90 bits per heavy atom. The summed E-state index contributed by atoms with van der Waals surface area (Å²) < 4.78 is 0. The summed E-state index contributed by atoms with van der Waals surface area (Å²) in [5.41, 5.74) is 6.95. The summed E-state index contributed by atoms with van der Waals surface area (Å²) in [6.07, 6.45) is -1.05. The number of halogens is 1. The standard InChI is InChI=1S/C16H17ClN2O2/c17-13-8-4-7-12(9-13)16(21)19-10-14(15(18)20)11-5-2-1-3-6-11/h1-9,14-15,20H,10,18H2,(H,19,21). The van der Waals surface area contributed by atoms with Gasteiger partial charge in [-0.3, -0.25) is 4.79 Å². The molecule has 110 valence electrons. The fourth-order valence-electron chi connectivity index (χ4n) is 2.07. The Labute approximate surface area is 128 Å². The molecule has 4 nitrogen and oxygen atoms in total. The number of benzene rings is 2. The lowest BCUT2D eigenvalue weighted by Crippen LogP contribution is -2.37. The van der Waals surface area contributed by atoms with Crippen LogP contribution < -0.4 is 11.1 Å². The first-order valence-electron chi connectivity index (χ1n) is 6.60. The predicted octanol–water partition coefficient (Wildman–Crippen LogP) is 2.13. The Morgan fingerprint density at radius 1 is 1.19 bits per heavy atom. The van der Waals surface area contributed by atoms with Crippen LogP contribution in [-0.2, 0) is 0 Å². The molecular weight excluding hydrogens is 288 g/mol. The first kappa shape index (κ1) is 15.5. The smallest absolute Gasteiger partial charge is 0.251 e.